The Morgan fingerprint density at radius 3 is 2.06 bits per heavy atom. The van der Waals surface area contributed by atoms with Crippen LogP contribution in [0.3, 0.4) is 0 Å². The molecule has 0 bridgehead atoms. The average molecular weight is 230 g/mol. The monoisotopic (exact) mass is 230 g/mol. The SMILES string of the molecule is CC(C)=CCCC(C)(OB(O)O)C(C)(C)O. The first-order valence-corrected chi connectivity index (χ1v) is 5.48. The molecular weight excluding hydrogens is 207 g/mol. The van der Waals surface area contributed by atoms with E-state index < -0.39 is 18.5 Å². The maximum atomic E-state index is 9.98. The molecule has 5 heteroatoms. The van der Waals surface area contributed by atoms with E-state index in [1.54, 1.807) is 20.8 Å². The minimum absolute atomic E-state index is 0.513. The summed E-state index contributed by atoms with van der Waals surface area (Å²) in [6.07, 6.45) is 3.26. The molecule has 3 N–H and O–H groups in total. The molecule has 0 aromatic rings. The van der Waals surface area contributed by atoms with Crippen LogP contribution < -0.4 is 0 Å². The molecule has 1 unspecified atom stereocenters. The van der Waals surface area contributed by atoms with Gasteiger partial charge in [-0.2, -0.15) is 0 Å². The van der Waals surface area contributed by atoms with Gasteiger partial charge in [-0.15, -0.1) is 0 Å². The second-order valence-electron chi connectivity index (χ2n) is 5.05. The van der Waals surface area contributed by atoms with E-state index in [0.29, 0.717) is 6.42 Å². The summed E-state index contributed by atoms with van der Waals surface area (Å²) >= 11 is 0. The van der Waals surface area contributed by atoms with E-state index >= 15 is 0 Å². The van der Waals surface area contributed by atoms with Crippen molar-refractivity contribution >= 4 is 7.32 Å². The van der Waals surface area contributed by atoms with Gasteiger partial charge in [-0.25, -0.2) is 0 Å². The van der Waals surface area contributed by atoms with Crippen LogP contribution in [-0.4, -0.2) is 33.7 Å². The van der Waals surface area contributed by atoms with Crippen LogP contribution in [0, 0.1) is 0 Å². The lowest BCUT2D eigenvalue weighted by atomic mass is 9.82. The Morgan fingerprint density at radius 1 is 1.25 bits per heavy atom. The molecule has 0 spiro atoms. The Morgan fingerprint density at radius 2 is 1.75 bits per heavy atom. The maximum Gasteiger partial charge on any atom is 0.634 e. The van der Waals surface area contributed by atoms with Gasteiger partial charge in [0.2, 0.25) is 0 Å². The van der Waals surface area contributed by atoms with Gasteiger partial charge in [0.25, 0.3) is 0 Å². The van der Waals surface area contributed by atoms with Crippen molar-refractivity contribution in [3.63, 3.8) is 0 Å². The van der Waals surface area contributed by atoms with Crippen molar-refractivity contribution in [2.24, 2.45) is 0 Å². The quantitative estimate of drug-likeness (QED) is 0.474. The molecule has 0 amide bonds. The van der Waals surface area contributed by atoms with Crippen molar-refractivity contribution in [3.05, 3.63) is 11.6 Å². The lowest BCUT2D eigenvalue weighted by molar-refractivity contribution is -0.124. The van der Waals surface area contributed by atoms with Gasteiger partial charge < -0.3 is 19.8 Å². The Balaban J connectivity index is 4.62. The van der Waals surface area contributed by atoms with Gasteiger partial charge >= 0.3 is 7.32 Å². The number of rotatable bonds is 6. The highest BCUT2D eigenvalue weighted by Gasteiger charge is 2.42. The first-order valence-electron chi connectivity index (χ1n) is 5.48. The highest BCUT2D eigenvalue weighted by Crippen LogP contribution is 2.31. The average Bonchev–Trinajstić information content (AvgIpc) is 1.99. The maximum absolute atomic E-state index is 9.98. The summed E-state index contributed by atoms with van der Waals surface area (Å²) in [6.45, 7) is 8.84. The fourth-order valence-electron chi connectivity index (χ4n) is 1.38. The van der Waals surface area contributed by atoms with Gasteiger partial charge in [0.15, 0.2) is 0 Å². The molecule has 0 saturated heterocycles. The molecule has 0 fully saturated rings. The molecule has 0 aliphatic heterocycles. The second kappa shape index (κ2) is 5.82. The van der Waals surface area contributed by atoms with Crippen molar-refractivity contribution in [3.8, 4) is 0 Å². The minimum atomic E-state index is -1.87. The lowest BCUT2D eigenvalue weighted by Crippen LogP contribution is -2.52. The zero-order chi connectivity index (χ0) is 13.0. The number of allylic oxidation sites excluding steroid dienone is 2. The number of aliphatic hydroxyl groups is 1. The van der Waals surface area contributed by atoms with Gasteiger partial charge in [-0.3, -0.25) is 0 Å². The first kappa shape index (κ1) is 15.6. The molecule has 16 heavy (non-hydrogen) atoms. The summed E-state index contributed by atoms with van der Waals surface area (Å²) in [5.41, 5.74) is -0.957. The normalized spacial score (nSPS) is 15.5. The van der Waals surface area contributed by atoms with Gasteiger partial charge in [0, 0.05) is 0 Å². The topological polar surface area (TPSA) is 69.9 Å². The predicted octanol–water partition coefficient (Wildman–Crippen LogP) is 1.25. The molecule has 4 nitrogen and oxygen atoms in total. The first-order chi connectivity index (χ1) is 7.08. The number of hydrogen-bond donors (Lipinski definition) is 3. The van der Waals surface area contributed by atoms with Crippen LogP contribution in [0.4, 0.5) is 0 Å². The van der Waals surface area contributed by atoms with Gasteiger partial charge in [-0.1, -0.05) is 11.6 Å². The van der Waals surface area contributed by atoms with Gasteiger partial charge in [-0.05, 0) is 47.5 Å². The highest BCUT2D eigenvalue weighted by atomic mass is 16.6. The third-order valence-electron chi connectivity index (χ3n) is 2.83. The van der Waals surface area contributed by atoms with Crippen LogP contribution in [-0.2, 0) is 4.65 Å². The summed E-state index contributed by atoms with van der Waals surface area (Å²) in [5, 5.41) is 27.7. The Hall–Kier alpha value is -0.355. The van der Waals surface area contributed by atoms with Crippen molar-refractivity contribution < 1.29 is 19.8 Å². The molecule has 0 radical (unpaired) electrons. The molecule has 0 heterocycles. The van der Waals surface area contributed by atoms with Crippen molar-refractivity contribution in [1.82, 2.24) is 0 Å². The fraction of sp³-hybridized carbons (Fsp3) is 0.818. The van der Waals surface area contributed by atoms with E-state index in [0.717, 1.165) is 6.42 Å². The Bertz CT molecular complexity index is 241. The van der Waals surface area contributed by atoms with Crippen molar-refractivity contribution in [1.29, 1.82) is 0 Å². The van der Waals surface area contributed by atoms with Gasteiger partial charge in [0.05, 0.1) is 11.2 Å². The summed E-state index contributed by atoms with van der Waals surface area (Å²) < 4.78 is 5.02. The van der Waals surface area contributed by atoms with Crippen LogP contribution in [0.5, 0.6) is 0 Å². The highest BCUT2D eigenvalue weighted by molar-refractivity contribution is 6.32. The molecule has 0 rings (SSSR count). The molecular formula is C11H23BO4. The Labute approximate surface area is 98.1 Å². The van der Waals surface area contributed by atoms with E-state index in [1.807, 2.05) is 19.9 Å². The van der Waals surface area contributed by atoms with Crippen LogP contribution in [0.1, 0.15) is 47.5 Å². The smallest absolute Gasteiger partial charge is 0.402 e. The van der Waals surface area contributed by atoms with E-state index in [4.69, 9.17) is 14.7 Å². The minimum Gasteiger partial charge on any atom is -0.402 e. The third-order valence-corrected chi connectivity index (χ3v) is 2.83. The number of hydrogen-bond acceptors (Lipinski definition) is 4. The van der Waals surface area contributed by atoms with Crippen LogP contribution in [0.15, 0.2) is 11.6 Å². The standard InChI is InChI=1S/C11H23BO4/c1-9(2)7-6-8-11(5,10(3,4)13)16-12(14)15/h7,13-15H,6,8H2,1-5H3. The van der Waals surface area contributed by atoms with E-state index in [9.17, 15) is 5.11 Å². The second-order valence-corrected chi connectivity index (χ2v) is 5.05. The molecule has 0 saturated carbocycles. The summed E-state index contributed by atoms with van der Waals surface area (Å²) in [4.78, 5) is 0. The lowest BCUT2D eigenvalue weighted by Gasteiger charge is -2.40. The van der Waals surface area contributed by atoms with Crippen molar-refractivity contribution in [2.45, 2.75) is 58.7 Å². The van der Waals surface area contributed by atoms with Crippen LogP contribution >= 0.6 is 0 Å². The van der Waals surface area contributed by atoms with E-state index in [-0.39, 0.29) is 0 Å². The fourth-order valence-corrected chi connectivity index (χ4v) is 1.38. The third kappa shape index (κ3) is 5.12. The zero-order valence-electron chi connectivity index (χ0n) is 10.8. The van der Waals surface area contributed by atoms with Crippen molar-refractivity contribution in [2.75, 3.05) is 0 Å². The zero-order valence-corrected chi connectivity index (χ0v) is 10.8. The van der Waals surface area contributed by atoms with E-state index in [1.165, 1.54) is 5.57 Å². The van der Waals surface area contributed by atoms with E-state index in [2.05, 4.69) is 0 Å². The summed E-state index contributed by atoms with van der Waals surface area (Å²) in [5.74, 6) is 0. The van der Waals surface area contributed by atoms with Crippen LogP contribution in [0.25, 0.3) is 0 Å². The Kier molecular flexibility index (Phi) is 5.69. The molecule has 0 aromatic heterocycles. The molecule has 94 valence electrons. The molecule has 0 aliphatic rings. The summed E-state index contributed by atoms with van der Waals surface area (Å²) in [7, 11) is -1.87. The molecule has 1 atom stereocenters. The molecule has 0 aromatic carbocycles. The van der Waals surface area contributed by atoms with Gasteiger partial charge in [0.1, 0.15) is 0 Å². The largest absolute Gasteiger partial charge is 0.634 e. The molecule has 0 aliphatic carbocycles. The predicted molar refractivity (Wildman–Crippen MR) is 64.6 cm³/mol. The van der Waals surface area contributed by atoms with Crippen LogP contribution in [0.2, 0.25) is 0 Å². The summed E-state index contributed by atoms with van der Waals surface area (Å²) in [6, 6.07) is 0.